The molecule has 0 aliphatic rings. The molecule has 0 fully saturated rings. The summed E-state index contributed by atoms with van der Waals surface area (Å²) >= 11 is 5.89. The van der Waals surface area contributed by atoms with Gasteiger partial charge in [0.2, 0.25) is 5.91 Å². The molecule has 6 heteroatoms. The lowest BCUT2D eigenvalue weighted by Crippen LogP contribution is -2.40. The lowest BCUT2D eigenvalue weighted by molar-refractivity contribution is -0.130. The van der Waals surface area contributed by atoms with Crippen LogP contribution in [-0.2, 0) is 17.8 Å². The van der Waals surface area contributed by atoms with E-state index in [9.17, 15) is 4.79 Å². The molecule has 0 saturated heterocycles. The van der Waals surface area contributed by atoms with Gasteiger partial charge in [-0.25, -0.2) is 0 Å². The van der Waals surface area contributed by atoms with E-state index in [0.29, 0.717) is 25.5 Å². The summed E-state index contributed by atoms with van der Waals surface area (Å²) in [5.74, 6) is 0.797. The van der Waals surface area contributed by atoms with Gasteiger partial charge in [-0.1, -0.05) is 54.1 Å². The molecule has 0 bridgehead atoms. The predicted octanol–water partition coefficient (Wildman–Crippen LogP) is 3.10. The van der Waals surface area contributed by atoms with Crippen LogP contribution in [0.2, 0.25) is 5.02 Å². The van der Waals surface area contributed by atoms with E-state index in [1.54, 1.807) is 11.9 Å². The highest BCUT2D eigenvalue weighted by molar-refractivity contribution is 6.30. The summed E-state index contributed by atoms with van der Waals surface area (Å²) < 4.78 is 0. The molecule has 0 heterocycles. The van der Waals surface area contributed by atoms with Crippen molar-refractivity contribution in [2.24, 2.45) is 4.99 Å². The lowest BCUT2D eigenvalue weighted by Gasteiger charge is -2.18. The number of aliphatic imine (C=N–C) groups is 1. The maximum Gasteiger partial charge on any atom is 0.224 e. The summed E-state index contributed by atoms with van der Waals surface area (Å²) in [6.07, 6.45) is 1.29. The van der Waals surface area contributed by atoms with Crippen molar-refractivity contribution >= 4 is 23.5 Å². The third kappa shape index (κ3) is 7.71. The van der Waals surface area contributed by atoms with E-state index < -0.39 is 0 Å². The van der Waals surface area contributed by atoms with E-state index in [1.807, 2.05) is 61.6 Å². The number of guanidine groups is 1. The van der Waals surface area contributed by atoms with E-state index in [2.05, 4.69) is 15.6 Å². The summed E-state index contributed by atoms with van der Waals surface area (Å²) in [7, 11) is 3.55. The molecule has 5 nitrogen and oxygen atoms in total. The maximum absolute atomic E-state index is 12.3. The molecule has 0 aliphatic carbocycles. The van der Waals surface area contributed by atoms with Crippen molar-refractivity contribution in [2.45, 2.75) is 19.4 Å². The van der Waals surface area contributed by atoms with E-state index in [-0.39, 0.29) is 5.91 Å². The smallest absolute Gasteiger partial charge is 0.224 e. The molecule has 2 N–H and O–H groups in total. The molecule has 0 aromatic heterocycles. The van der Waals surface area contributed by atoms with Crippen LogP contribution in [0, 0.1) is 0 Å². The van der Waals surface area contributed by atoms with Crippen molar-refractivity contribution in [1.29, 1.82) is 0 Å². The first-order valence-corrected chi connectivity index (χ1v) is 9.43. The Morgan fingerprint density at radius 3 is 2.33 bits per heavy atom. The summed E-state index contributed by atoms with van der Waals surface area (Å²) in [5.41, 5.74) is 2.33. The molecule has 2 aromatic carbocycles. The maximum atomic E-state index is 12.3. The Morgan fingerprint density at radius 1 is 1.00 bits per heavy atom. The average Bonchev–Trinajstić information content (AvgIpc) is 2.68. The molecule has 2 aromatic rings. The molecule has 0 unspecified atom stereocenters. The number of carbonyl (C=O) groups is 1. The molecule has 0 aliphatic heterocycles. The van der Waals surface area contributed by atoms with E-state index in [1.165, 1.54) is 5.56 Å². The number of hydrogen-bond acceptors (Lipinski definition) is 2. The van der Waals surface area contributed by atoms with Crippen molar-refractivity contribution in [3.63, 3.8) is 0 Å². The fraction of sp³-hybridized carbons (Fsp3) is 0.333. The van der Waals surface area contributed by atoms with Crippen molar-refractivity contribution < 1.29 is 4.79 Å². The molecule has 144 valence electrons. The van der Waals surface area contributed by atoms with Crippen LogP contribution in [-0.4, -0.2) is 44.0 Å². The Morgan fingerprint density at radius 2 is 1.67 bits per heavy atom. The average molecular weight is 387 g/mol. The topological polar surface area (TPSA) is 56.7 Å². The minimum atomic E-state index is 0.1000. The van der Waals surface area contributed by atoms with Gasteiger partial charge in [-0.3, -0.25) is 9.79 Å². The predicted molar refractivity (Wildman–Crippen MR) is 112 cm³/mol. The number of amides is 1. The van der Waals surface area contributed by atoms with Gasteiger partial charge in [-0.15, -0.1) is 0 Å². The zero-order valence-corrected chi connectivity index (χ0v) is 16.7. The minimum absolute atomic E-state index is 0.1000. The molecule has 2 rings (SSSR count). The Hall–Kier alpha value is -2.53. The summed E-state index contributed by atoms with van der Waals surface area (Å²) in [6.45, 7) is 1.91. The van der Waals surface area contributed by atoms with Crippen molar-refractivity contribution in [3.05, 3.63) is 70.7 Å². The van der Waals surface area contributed by atoms with Crippen molar-refractivity contribution in [1.82, 2.24) is 15.5 Å². The molecular weight excluding hydrogens is 360 g/mol. The summed E-state index contributed by atoms with van der Waals surface area (Å²) in [5, 5.41) is 7.18. The van der Waals surface area contributed by atoms with Gasteiger partial charge in [0, 0.05) is 45.2 Å². The van der Waals surface area contributed by atoms with Crippen LogP contribution in [0.3, 0.4) is 0 Å². The number of carbonyl (C=O) groups excluding carboxylic acids is 1. The van der Waals surface area contributed by atoms with E-state index >= 15 is 0 Å². The Balaban J connectivity index is 1.66. The van der Waals surface area contributed by atoms with Gasteiger partial charge in [-0.2, -0.15) is 0 Å². The second-order valence-corrected chi connectivity index (χ2v) is 6.72. The van der Waals surface area contributed by atoms with Gasteiger partial charge in [0.05, 0.1) is 0 Å². The Bertz CT molecular complexity index is 732. The van der Waals surface area contributed by atoms with Gasteiger partial charge >= 0.3 is 0 Å². The second kappa shape index (κ2) is 11.2. The van der Waals surface area contributed by atoms with Crippen LogP contribution in [0.25, 0.3) is 0 Å². The SMILES string of the molecule is CN=C(NCCC(=O)N(C)Cc1ccccc1)NCCc1ccc(Cl)cc1. The number of benzene rings is 2. The molecule has 0 radical (unpaired) electrons. The van der Waals surface area contributed by atoms with Crippen molar-refractivity contribution in [3.8, 4) is 0 Å². The zero-order valence-electron chi connectivity index (χ0n) is 15.9. The fourth-order valence-corrected chi connectivity index (χ4v) is 2.75. The number of rotatable bonds is 8. The first-order chi connectivity index (χ1) is 13.1. The first-order valence-electron chi connectivity index (χ1n) is 9.05. The van der Waals surface area contributed by atoms with Crippen molar-refractivity contribution in [2.75, 3.05) is 27.2 Å². The van der Waals surface area contributed by atoms with Crippen LogP contribution < -0.4 is 10.6 Å². The molecule has 0 atom stereocenters. The van der Waals surface area contributed by atoms with Crippen LogP contribution in [0.5, 0.6) is 0 Å². The highest BCUT2D eigenvalue weighted by Crippen LogP contribution is 2.09. The molecular formula is C21H27ClN4O. The van der Waals surface area contributed by atoms with E-state index in [0.717, 1.165) is 23.6 Å². The Labute approximate surface area is 166 Å². The van der Waals surface area contributed by atoms with Crippen LogP contribution in [0.15, 0.2) is 59.6 Å². The van der Waals surface area contributed by atoms with Gasteiger partial charge < -0.3 is 15.5 Å². The minimum Gasteiger partial charge on any atom is -0.356 e. The quantitative estimate of drug-likeness (QED) is 0.541. The van der Waals surface area contributed by atoms with E-state index in [4.69, 9.17) is 11.6 Å². The summed E-state index contributed by atoms with van der Waals surface area (Å²) in [6, 6.07) is 17.8. The monoisotopic (exact) mass is 386 g/mol. The fourth-order valence-electron chi connectivity index (χ4n) is 2.62. The molecule has 1 amide bonds. The molecule has 27 heavy (non-hydrogen) atoms. The normalized spacial score (nSPS) is 11.1. The highest BCUT2D eigenvalue weighted by Gasteiger charge is 2.09. The third-order valence-corrected chi connectivity index (χ3v) is 4.41. The largest absolute Gasteiger partial charge is 0.356 e. The van der Waals surface area contributed by atoms with Gasteiger partial charge in [0.15, 0.2) is 5.96 Å². The number of hydrogen-bond donors (Lipinski definition) is 2. The van der Waals surface area contributed by atoms with Gasteiger partial charge in [0.25, 0.3) is 0 Å². The highest BCUT2D eigenvalue weighted by atomic mass is 35.5. The number of halogens is 1. The number of nitrogens with zero attached hydrogens (tertiary/aromatic N) is 2. The standard InChI is InChI=1S/C21H27ClN4O/c1-23-21(24-14-12-17-8-10-19(22)11-9-17)25-15-13-20(27)26(2)16-18-6-4-3-5-7-18/h3-11H,12-16H2,1-2H3,(H2,23,24,25). The summed E-state index contributed by atoms with van der Waals surface area (Å²) in [4.78, 5) is 18.2. The van der Waals surface area contributed by atoms with Crippen LogP contribution in [0.4, 0.5) is 0 Å². The molecule has 0 saturated carbocycles. The first kappa shape index (κ1) is 20.8. The van der Waals surface area contributed by atoms with Gasteiger partial charge in [-0.05, 0) is 29.7 Å². The second-order valence-electron chi connectivity index (χ2n) is 6.29. The third-order valence-electron chi connectivity index (χ3n) is 4.16. The zero-order chi connectivity index (χ0) is 19.5. The van der Waals surface area contributed by atoms with Crippen LogP contribution >= 0.6 is 11.6 Å². The lowest BCUT2D eigenvalue weighted by atomic mass is 10.1. The molecule has 0 spiro atoms. The number of nitrogens with one attached hydrogen (secondary N) is 2. The Kier molecular flexibility index (Phi) is 8.65. The van der Waals surface area contributed by atoms with Crippen LogP contribution in [0.1, 0.15) is 17.5 Å². The van der Waals surface area contributed by atoms with Gasteiger partial charge in [0.1, 0.15) is 0 Å².